The Labute approximate surface area is 186 Å². The Bertz CT molecular complexity index is 494. The first-order chi connectivity index (χ1) is 12.3. The number of unbranched alkanes of at least 4 members (excludes halogenated alkanes) is 9. The van der Waals surface area contributed by atoms with E-state index in [0.717, 1.165) is 19.3 Å². The Hall–Kier alpha value is -0.150. The van der Waals surface area contributed by atoms with E-state index in [4.69, 9.17) is 9.29 Å². The first-order valence-corrected chi connectivity index (χ1v) is 11.1. The topological polar surface area (TPSA) is 107 Å². The molecule has 7 nitrogen and oxygen atoms in total. The van der Waals surface area contributed by atoms with E-state index in [2.05, 4.69) is 11.7 Å². The molecule has 27 heavy (non-hydrogen) atoms. The van der Waals surface area contributed by atoms with E-state index in [1.165, 1.54) is 45.4 Å². The molecule has 9 heteroatoms. The molecule has 1 unspecified atom stereocenters. The summed E-state index contributed by atoms with van der Waals surface area (Å²) in [7, 11) is -4.71. The predicted octanol–water partition coefficient (Wildman–Crippen LogP) is 3.01. The third kappa shape index (κ3) is 16.5. The molecule has 0 fully saturated rings. The van der Waals surface area contributed by atoms with Crippen LogP contribution in [-0.4, -0.2) is 72.9 Å². The third-order valence-corrected chi connectivity index (χ3v) is 5.10. The molecule has 0 aliphatic heterocycles. The molecule has 0 saturated carbocycles. The summed E-state index contributed by atoms with van der Waals surface area (Å²) in [6.45, 7) is 3.84. The van der Waals surface area contributed by atoms with Gasteiger partial charge in [0.25, 0.3) is 10.1 Å². The van der Waals surface area contributed by atoms with Gasteiger partial charge in [0.2, 0.25) is 0 Å². The molecule has 1 atom stereocenters. The van der Waals surface area contributed by atoms with Gasteiger partial charge in [0.1, 0.15) is 0 Å². The predicted molar refractivity (Wildman–Crippen MR) is 107 cm³/mol. The van der Waals surface area contributed by atoms with E-state index in [1.807, 2.05) is 0 Å². The Kier molecular flexibility index (Phi) is 19.3. The van der Waals surface area contributed by atoms with E-state index < -0.39 is 33.7 Å². The summed E-state index contributed by atoms with van der Waals surface area (Å²) in [4.78, 5) is 23.2. The van der Waals surface area contributed by atoms with Gasteiger partial charge in [0.15, 0.2) is 5.25 Å². The van der Waals surface area contributed by atoms with Crippen molar-refractivity contribution in [2.45, 2.75) is 89.7 Å². The van der Waals surface area contributed by atoms with E-state index in [-0.39, 0.29) is 42.8 Å². The first kappa shape index (κ1) is 29.1. The van der Waals surface area contributed by atoms with Gasteiger partial charge in [-0.1, -0.05) is 64.7 Å². The van der Waals surface area contributed by atoms with E-state index in [0.29, 0.717) is 6.42 Å². The second-order valence-electron chi connectivity index (χ2n) is 6.36. The normalized spacial score (nSPS) is 12.1. The summed E-state index contributed by atoms with van der Waals surface area (Å²) in [5, 5.41) is -1.93. The van der Waals surface area contributed by atoms with Gasteiger partial charge in [-0.15, -0.1) is 0 Å². The number of rotatable bonds is 16. The average molecular weight is 419 g/mol. The van der Waals surface area contributed by atoms with Crippen LogP contribution in [0.15, 0.2) is 0 Å². The molecule has 0 aromatic heterocycles. The zero-order valence-electron chi connectivity index (χ0n) is 16.1. The van der Waals surface area contributed by atoms with Crippen LogP contribution >= 0.6 is 0 Å². The summed E-state index contributed by atoms with van der Waals surface area (Å²) in [6.07, 6.45) is 10.8. The minimum atomic E-state index is -4.71. The van der Waals surface area contributed by atoms with Gasteiger partial charge in [-0.05, 0) is 13.3 Å². The molecule has 0 amide bonds. The van der Waals surface area contributed by atoms with Crippen LogP contribution in [0.25, 0.3) is 0 Å². The van der Waals surface area contributed by atoms with E-state index >= 15 is 0 Å². The van der Waals surface area contributed by atoms with Crippen LogP contribution in [0.3, 0.4) is 0 Å². The molecule has 156 valence electrons. The monoisotopic (exact) mass is 418 g/mol. The zero-order valence-corrected chi connectivity index (χ0v) is 16.9. The summed E-state index contributed by atoms with van der Waals surface area (Å²) in [5.74, 6) is -1.98. The average Bonchev–Trinajstić information content (AvgIpc) is 2.56. The Morgan fingerprint density at radius 1 is 0.852 bits per heavy atom. The Morgan fingerprint density at radius 2 is 1.33 bits per heavy atom. The van der Waals surface area contributed by atoms with Crippen molar-refractivity contribution in [1.29, 1.82) is 0 Å². The molecule has 0 radical (unpaired) electrons. The molecule has 0 aromatic rings. The first-order valence-electron chi connectivity index (χ1n) is 9.61. The molecular formula is C18H35NaO7S. The van der Waals surface area contributed by atoms with Crippen LogP contribution in [0.4, 0.5) is 0 Å². The van der Waals surface area contributed by atoms with Gasteiger partial charge >= 0.3 is 41.5 Å². The molecule has 0 spiro atoms. The SMILES string of the molecule is CCCCCCCCCCCCOC(=O)CC(C(=O)OCC)S(=O)(=O)O.[NaH]. The molecule has 0 aliphatic carbocycles. The Balaban J connectivity index is 0. The van der Waals surface area contributed by atoms with Crippen LogP contribution < -0.4 is 0 Å². The summed E-state index contributed by atoms with van der Waals surface area (Å²) >= 11 is 0. The molecule has 0 rings (SSSR count). The van der Waals surface area contributed by atoms with Crippen molar-refractivity contribution < 1.29 is 32.0 Å². The fourth-order valence-electron chi connectivity index (χ4n) is 2.53. The van der Waals surface area contributed by atoms with Crippen LogP contribution in [0.5, 0.6) is 0 Å². The number of hydrogen-bond donors (Lipinski definition) is 1. The molecule has 0 saturated heterocycles. The zero-order chi connectivity index (χ0) is 19.8. The van der Waals surface area contributed by atoms with Crippen molar-refractivity contribution in [3.63, 3.8) is 0 Å². The van der Waals surface area contributed by atoms with Gasteiger partial charge < -0.3 is 9.47 Å². The fourth-order valence-corrected chi connectivity index (χ4v) is 3.19. The van der Waals surface area contributed by atoms with Gasteiger partial charge in [-0.3, -0.25) is 14.1 Å². The van der Waals surface area contributed by atoms with Crippen LogP contribution in [0, 0.1) is 0 Å². The van der Waals surface area contributed by atoms with Gasteiger partial charge in [0, 0.05) is 0 Å². The molecular weight excluding hydrogens is 383 g/mol. The number of carbonyl (C=O) groups excluding carboxylic acids is 2. The van der Waals surface area contributed by atoms with Crippen molar-refractivity contribution in [1.82, 2.24) is 0 Å². The second-order valence-corrected chi connectivity index (χ2v) is 7.96. The number of esters is 2. The van der Waals surface area contributed by atoms with Gasteiger partial charge in [-0.25, -0.2) is 0 Å². The van der Waals surface area contributed by atoms with Crippen LogP contribution in [-0.2, 0) is 29.2 Å². The standard InChI is InChI=1S/C18H34O7S.Na.H/c1-3-5-6-7-8-9-10-11-12-13-14-25-17(19)15-16(26(21,22)23)18(20)24-4-2;;/h16H,3-15H2,1-2H3,(H,21,22,23);;. The van der Waals surface area contributed by atoms with Crippen molar-refractivity contribution in [2.75, 3.05) is 13.2 Å². The van der Waals surface area contributed by atoms with Crippen LogP contribution in [0.1, 0.15) is 84.5 Å². The van der Waals surface area contributed by atoms with E-state index in [1.54, 1.807) is 0 Å². The third-order valence-electron chi connectivity index (χ3n) is 4.02. The van der Waals surface area contributed by atoms with Crippen molar-refractivity contribution >= 4 is 51.6 Å². The quantitative estimate of drug-likeness (QED) is 0.178. The molecule has 0 aliphatic rings. The van der Waals surface area contributed by atoms with Gasteiger partial charge in [0.05, 0.1) is 19.6 Å². The minimum absolute atomic E-state index is 0. The van der Waals surface area contributed by atoms with Gasteiger partial charge in [-0.2, -0.15) is 8.42 Å². The maximum absolute atomic E-state index is 11.7. The van der Waals surface area contributed by atoms with E-state index in [9.17, 15) is 18.0 Å². The molecule has 0 aromatic carbocycles. The molecule has 0 bridgehead atoms. The number of carbonyl (C=O) groups is 2. The van der Waals surface area contributed by atoms with Crippen molar-refractivity contribution in [3.05, 3.63) is 0 Å². The number of hydrogen-bond acceptors (Lipinski definition) is 6. The van der Waals surface area contributed by atoms with Crippen molar-refractivity contribution in [2.24, 2.45) is 0 Å². The summed E-state index contributed by atoms with van der Waals surface area (Å²) in [6, 6.07) is 0. The fraction of sp³-hybridized carbons (Fsp3) is 0.889. The number of ether oxygens (including phenoxy) is 2. The molecule has 1 N–H and O–H groups in total. The Morgan fingerprint density at radius 3 is 1.78 bits per heavy atom. The van der Waals surface area contributed by atoms with Crippen LogP contribution in [0.2, 0.25) is 0 Å². The van der Waals surface area contributed by atoms with Crippen molar-refractivity contribution in [3.8, 4) is 0 Å². The second kappa shape index (κ2) is 17.9. The molecule has 0 heterocycles. The maximum atomic E-state index is 11.7. The summed E-state index contributed by atoms with van der Waals surface area (Å²) < 4.78 is 40.9. The summed E-state index contributed by atoms with van der Waals surface area (Å²) in [5.41, 5.74) is 0.